The van der Waals surface area contributed by atoms with Crippen molar-refractivity contribution in [1.29, 1.82) is 0 Å². The summed E-state index contributed by atoms with van der Waals surface area (Å²) >= 11 is 0. The SMILES string of the molecule is C[C@@H]1CCN2CN=C(OCc3cccc(F)c3F)C=C2N1C. The van der Waals surface area contributed by atoms with E-state index in [2.05, 4.69) is 21.7 Å². The van der Waals surface area contributed by atoms with Crippen molar-refractivity contribution >= 4 is 5.90 Å². The Labute approximate surface area is 128 Å². The van der Waals surface area contributed by atoms with Crippen LogP contribution in [0.3, 0.4) is 0 Å². The van der Waals surface area contributed by atoms with Crippen molar-refractivity contribution in [2.45, 2.75) is 26.0 Å². The van der Waals surface area contributed by atoms with Gasteiger partial charge < -0.3 is 14.5 Å². The fourth-order valence-corrected chi connectivity index (χ4v) is 2.65. The van der Waals surface area contributed by atoms with E-state index < -0.39 is 11.6 Å². The van der Waals surface area contributed by atoms with Crippen molar-refractivity contribution < 1.29 is 13.5 Å². The van der Waals surface area contributed by atoms with Crippen LogP contribution in [0.5, 0.6) is 0 Å². The number of hydrogen-bond donors (Lipinski definition) is 0. The molecule has 0 aromatic heterocycles. The number of hydrogen-bond acceptors (Lipinski definition) is 4. The number of halogens is 2. The van der Waals surface area contributed by atoms with Gasteiger partial charge >= 0.3 is 0 Å². The molecule has 0 aliphatic carbocycles. The lowest BCUT2D eigenvalue weighted by atomic mass is 10.1. The Balaban J connectivity index is 1.70. The molecule has 0 unspecified atom stereocenters. The Morgan fingerprint density at radius 2 is 2.18 bits per heavy atom. The third-order valence-corrected chi connectivity index (χ3v) is 4.22. The number of ether oxygens (including phenoxy) is 1. The molecule has 3 rings (SSSR count). The maximum atomic E-state index is 13.6. The van der Waals surface area contributed by atoms with Crippen LogP contribution in [-0.2, 0) is 11.3 Å². The van der Waals surface area contributed by atoms with Gasteiger partial charge in [0.15, 0.2) is 11.6 Å². The van der Waals surface area contributed by atoms with Crippen LogP contribution in [0.25, 0.3) is 0 Å². The highest BCUT2D eigenvalue weighted by atomic mass is 19.2. The predicted molar refractivity (Wildman–Crippen MR) is 80.1 cm³/mol. The first-order valence-electron chi connectivity index (χ1n) is 7.36. The van der Waals surface area contributed by atoms with Crippen molar-refractivity contribution in [2.75, 3.05) is 20.3 Å². The molecular weight excluding hydrogens is 288 g/mol. The third-order valence-electron chi connectivity index (χ3n) is 4.22. The van der Waals surface area contributed by atoms with Crippen LogP contribution < -0.4 is 0 Å². The summed E-state index contributed by atoms with van der Waals surface area (Å²) in [5, 5.41) is 0. The van der Waals surface area contributed by atoms with E-state index >= 15 is 0 Å². The van der Waals surface area contributed by atoms with Gasteiger partial charge in [0.2, 0.25) is 5.90 Å². The summed E-state index contributed by atoms with van der Waals surface area (Å²) < 4.78 is 32.3. The van der Waals surface area contributed by atoms with Crippen LogP contribution in [0.15, 0.2) is 35.1 Å². The quantitative estimate of drug-likeness (QED) is 0.841. The van der Waals surface area contributed by atoms with Crippen LogP contribution in [0.1, 0.15) is 18.9 Å². The van der Waals surface area contributed by atoms with E-state index in [0.29, 0.717) is 18.6 Å². The molecule has 0 N–H and O–H groups in total. The maximum Gasteiger partial charge on any atom is 0.214 e. The first-order chi connectivity index (χ1) is 10.6. The minimum absolute atomic E-state index is 0.0362. The molecule has 0 saturated carbocycles. The fraction of sp³-hybridized carbons (Fsp3) is 0.438. The second-order valence-electron chi connectivity index (χ2n) is 5.65. The molecule has 2 aliphatic rings. The molecule has 1 saturated heterocycles. The Bertz CT molecular complexity index is 630. The number of aliphatic imine (C=N–C) groups is 1. The molecule has 0 radical (unpaired) electrons. The second-order valence-corrected chi connectivity index (χ2v) is 5.65. The summed E-state index contributed by atoms with van der Waals surface area (Å²) in [7, 11) is 2.04. The summed E-state index contributed by atoms with van der Waals surface area (Å²) in [6, 6.07) is 4.53. The molecule has 2 heterocycles. The van der Waals surface area contributed by atoms with E-state index in [0.717, 1.165) is 24.9 Å². The van der Waals surface area contributed by atoms with Crippen molar-refractivity contribution in [3.8, 4) is 0 Å². The first-order valence-corrected chi connectivity index (χ1v) is 7.36. The van der Waals surface area contributed by atoms with Crippen LogP contribution in [0.2, 0.25) is 0 Å². The van der Waals surface area contributed by atoms with Gasteiger partial charge in [-0.1, -0.05) is 12.1 Å². The van der Waals surface area contributed by atoms with Gasteiger partial charge in [-0.05, 0) is 19.4 Å². The van der Waals surface area contributed by atoms with Gasteiger partial charge in [-0.2, -0.15) is 0 Å². The highest BCUT2D eigenvalue weighted by Crippen LogP contribution is 2.24. The first kappa shape index (κ1) is 14.8. The summed E-state index contributed by atoms with van der Waals surface area (Å²) in [5.41, 5.74) is 0.189. The molecule has 4 nitrogen and oxygen atoms in total. The van der Waals surface area contributed by atoms with E-state index in [9.17, 15) is 8.78 Å². The van der Waals surface area contributed by atoms with E-state index in [-0.39, 0.29) is 12.2 Å². The minimum Gasteiger partial charge on any atom is -0.473 e. The normalized spacial score (nSPS) is 21.2. The number of benzene rings is 1. The Morgan fingerprint density at radius 1 is 1.36 bits per heavy atom. The monoisotopic (exact) mass is 307 g/mol. The van der Waals surface area contributed by atoms with Gasteiger partial charge in [0.05, 0.1) is 0 Å². The predicted octanol–water partition coefficient (Wildman–Crippen LogP) is 2.72. The summed E-state index contributed by atoms with van der Waals surface area (Å²) in [6.07, 6.45) is 2.95. The van der Waals surface area contributed by atoms with Gasteiger partial charge in [-0.3, -0.25) is 0 Å². The molecule has 1 atom stereocenters. The van der Waals surface area contributed by atoms with Gasteiger partial charge in [0.25, 0.3) is 0 Å². The van der Waals surface area contributed by atoms with Crippen molar-refractivity contribution in [3.63, 3.8) is 0 Å². The number of fused-ring (bicyclic) bond motifs is 1. The summed E-state index contributed by atoms with van der Waals surface area (Å²) in [6.45, 7) is 3.63. The van der Waals surface area contributed by atoms with Gasteiger partial charge in [-0.15, -0.1) is 0 Å². The average Bonchev–Trinajstić information content (AvgIpc) is 2.53. The topological polar surface area (TPSA) is 28.1 Å². The van der Waals surface area contributed by atoms with Crippen molar-refractivity contribution in [1.82, 2.24) is 9.80 Å². The molecule has 0 amide bonds. The van der Waals surface area contributed by atoms with Crippen molar-refractivity contribution in [2.24, 2.45) is 4.99 Å². The minimum atomic E-state index is -0.864. The van der Waals surface area contributed by atoms with E-state index in [4.69, 9.17) is 4.74 Å². The lowest BCUT2D eigenvalue weighted by Gasteiger charge is -2.43. The Morgan fingerprint density at radius 3 is 3.00 bits per heavy atom. The van der Waals surface area contributed by atoms with Gasteiger partial charge in [0.1, 0.15) is 19.1 Å². The molecule has 1 aromatic rings. The lowest BCUT2D eigenvalue weighted by molar-refractivity contribution is 0.133. The lowest BCUT2D eigenvalue weighted by Crippen LogP contribution is -2.47. The molecule has 6 heteroatoms. The maximum absolute atomic E-state index is 13.6. The average molecular weight is 307 g/mol. The highest BCUT2D eigenvalue weighted by molar-refractivity contribution is 5.88. The summed E-state index contributed by atoms with van der Waals surface area (Å²) in [5.74, 6) is -0.215. The third kappa shape index (κ3) is 2.77. The van der Waals surface area contributed by atoms with Crippen LogP contribution >= 0.6 is 0 Å². The summed E-state index contributed by atoms with van der Waals surface area (Å²) in [4.78, 5) is 8.70. The molecule has 1 fully saturated rings. The fourth-order valence-electron chi connectivity index (χ4n) is 2.65. The standard InChI is InChI=1S/C16H19F2N3O/c1-11-6-7-21-10-19-14(8-15(21)20(11)2)22-9-12-4-3-5-13(17)16(12)18/h3-5,8,11H,6-7,9-10H2,1-2H3/t11-/m1/s1. The highest BCUT2D eigenvalue weighted by Gasteiger charge is 2.27. The number of nitrogens with zero attached hydrogens (tertiary/aromatic N) is 3. The second kappa shape index (κ2) is 5.94. The van der Waals surface area contributed by atoms with E-state index in [1.807, 2.05) is 13.1 Å². The zero-order chi connectivity index (χ0) is 15.7. The molecule has 0 spiro atoms. The smallest absolute Gasteiger partial charge is 0.214 e. The van der Waals surface area contributed by atoms with E-state index in [1.165, 1.54) is 12.1 Å². The largest absolute Gasteiger partial charge is 0.473 e. The zero-order valence-corrected chi connectivity index (χ0v) is 12.7. The van der Waals surface area contributed by atoms with Crippen LogP contribution in [0, 0.1) is 11.6 Å². The zero-order valence-electron chi connectivity index (χ0n) is 12.7. The molecule has 0 bridgehead atoms. The van der Waals surface area contributed by atoms with Crippen LogP contribution in [0.4, 0.5) is 8.78 Å². The Kier molecular flexibility index (Phi) is 4.00. The Hall–Kier alpha value is -2.11. The molecule has 1 aromatic carbocycles. The van der Waals surface area contributed by atoms with Crippen LogP contribution in [-0.4, -0.2) is 42.0 Å². The molecular formula is C16H19F2N3O. The molecule has 118 valence electrons. The van der Waals surface area contributed by atoms with Gasteiger partial charge in [-0.25, -0.2) is 13.8 Å². The molecule has 2 aliphatic heterocycles. The van der Waals surface area contributed by atoms with Crippen molar-refractivity contribution in [3.05, 3.63) is 47.3 Å². The van der Waals surface area contributed by atoms with Gasteiger partial charge in [0, 0.05) is 31.3 Å². The molecule has 22 heavy (non-hydrogen) atoms. The number of rotatable bonds is 2. The van der Waals surface area contributed by atoms with E-state index in [1.54, 1.807) is 0 Å².